The zero-order valence-corrected chi connectivity index (χ0v) is 23.0. The lowest BCUT2D eigenvalue weighted by Gasteiger charge is -2.22. The molecule has 4 aromatic rings. The zero-order chi connectivity index (χ0) is 26.4. The quantitative estimate of drug-likeness (QED) is 0.158. The molecule has 0 saturated carbocycles. The van der Waals surface area contributed by atoms with Crippen molar-refractivity contribution in [3.05, 3.63) is 88.9 Å². The van der Waals surface area contributed by atoms with Crippen LogP contribution in [-0.4, -0.2) is 40.1 Å². The Kier molecular flexibility index (Phi) is 10.1. The Bertz CT molecular complexity index is 1460. The van der Waals surface area contributed by atoms with E-state index in [1.54, 1.807) is 48.2 Å². The molecule has 0 aliphatic carbocycles. The van der Waals surface area contributed by atoms with Gasteiger partial charge in [0.15, 0.2) is 0 Å². The summed E-state index contributed by atoms with van der Waals surface area (Å²) in [6.45, 7) is 2.22. The SMILES string of the molecule is CCOC(=O)CCN(C(=O)c1ccc2sc(CS(=O)c3ccc(C(=N)N)cc3)nc2c1)c1ccccc1.Cl. The number of nitrogen functional groups attached to an aromatic ring is 1. The Morgan fingerprint density at radius 3 is 2.39 bits per heavy atom. The van der Waals surface area contributed by atoms with Gasteiger partial charge in [0.1, 0.15) is 10.8 Å². The van der Waals surface area contributed by atoms with E-state index in [-0.39, 0.29) is 55.4 Å². The van der Waals surface area contributed by atoms with Gasteiger partial charge in [-0.3, -0.25) is 19.2 Å². The molecule has 0 bridgehead atoms. The summed E-state index contributed by atoms with van der Waals surface area (Å²) in [7, 11) is -1.32. The molecule has 198 valence electrons. The number of fused-ring (bicyclic) bond motifs is 1. The molecule has 38 heavy (non-hydrogen) atoms. The summed E-state index contributed by atoms with van der Waals surface area (Å²) >= 11 is 1.43. The largest absolute Gasteiger partial charge is 0.466 e. The number of benzene rings is 3. The fraction of sp³-hybridized carbons (Fsp3) is 0.185. The number of esters is 1. The van der Waals surface area contributed by atoms with Gasteiger partial charge in [0.25, 0.3) is 5.91 Å². The molecular weight excluding hydrogens is 544 g/mol. The summed E-state index contributed by atoms with van der Waals surface area (Å²) in [5.74, 6) is -0.418. The Labute approximate surface area is 233 Å². The van der Waals surface area contributed by atoms with E-state index < -0.39 is 10.8 Å². The van der Waals surface area contributed by atoms with Crippen molar-refractivity contribution in [3.63, 3.8) is 0 Å². The highest BCUT2D eigenvalue weighted by molar-refractivity contribution is 7.84. The number of halogens is 1. The average Bonchev–Trinajstić information content (AvgIpc) is 3.31. The number of hydrogen-bond donors (Lipinski definition) is 2. The Balaban J connectivity index is 0.00000400. The molecule has 0 spiro atoms. The summed E-state index contributed by atoms with van der Waals surface area (Å²) in [4.78, 5) is 32.2. The van der Waals surface area contributed by atoms with Gasteiger partial charge >= 0.3 is 5.97 Å². The number of nitrogens with two attached hydrogens (primary N) is 1. The van der Waals surface area contributed by atoms with Gasteiger partial charge in [-0.05, 0) is 49.4 Å². The smallest absolute Gasteiger partial charge is 0.307 e. The van der Waals surface area contributed by atoms with Gasteiger partial charge in [0, 0.05) is 28.3 Å². The maximum absolute atomic E-state index is 13.5. The molecule has 0 aliphatic heterocycles. The number of aromatic nitrogens is 1. The third-order valence-corrected chi connectivity index (χ3v) is 8.07. The van der Waals surface area contributed by atoms with Crippen molar-refractivity contribution >= 4 is 68.2 Å². The molecule has 1 heterocycles. The summed E-state index contributed by atoms with van der Waals surface area (Å²) in [5, 5.41) is 8.17. The van der Waals surface area contributed by atoms with Crippen LogP contribution in [0.3, 0.4) is 0 Å². The third kappa shape index (κ3) is 7.03. The Morgan fingerprint density at radius 2 is 1.74 bits per heavy atom. The highest BCUT2D eigenvalue weighted by Crippen LogP contribution is 2.27. The van der Waals surface area contributed by atoms with Crippen molar-refractivity contribution in [3.8, 4) is 0 Å². The number of amides is 1. The van der Waals surface area contributed by atoms with Crippen molar-refractivity contribution < 1.29 is 18.5 Å². The van der Waals surface area contributed by atoms with Crippen LogP contribution in [0.25, 0.3) is 10.2 Å². The lowest BCUT2D eigenvalue weighted by atomic mass is 10.1. The number of amidine groups is 1. The van der Waals surface area contributed by atoms with Crippen LogP contribution in [0.1, 0.15) is 34.3 Å². The maximum atomic E-state index is 13.5. The summed E-state index contributed by atoms with van der Waals surface area (Å²) in [6, 6.07) is 21.2. The van der Waals surface area contributed by atoms with E-state index >= 15 is 0 Å². The first-order valence-electron chi connectivity index (χ1n) is 11.6. The van der Waals surface area contributed by atoms with Crippen LogP contribution in [0.15, 0.2) is 77.7 Å². The molecule has 3 N–H and O–H groups in total. The van der Waals surface area contributed by atoms with Crippen molar-refractivity contribution in [1.82, 2.24) is 4.98 Å². The predicted octanol–water partition coefficient (Wildman–Crippen LogP) is 4.91. The van der Waals surface area contributed by atoms with E-state index in [0.717, 1.165) is 4.70 Å². The second kappa shape index (κ2) is 13.3. The first kappa shape index (κ1) is 29.0. The summed E-state index contributed by atoms with van der Waals surface area (Å²) in [6.07, 6.45) is 0.0801. The van der Waals surface area contributed by atoms with Gasteiger partial charge < -0.3 is 15.4 Å². The van der Waals surface area contributed by atoms with Crippen molar-refractivity contribution in [2.45, 2.75) is 24.0 Å². The van der Waals surface area contributed by atoms with Crippen LogP contribution in [0.5, 0.6) is 0 Å². The van der Waals surface area contributed by atoms with Crippen LogP contribution in [-0.2, 0) is 26.1 Å². The number of nitrogens with one attached hydrogen (secondary N) is 1. The molecule has 3 aromatic carbocycles. The van der Waals surface area contributed by atoms with Gasteiger partial charge in [0.2, 0.25) is 0 Å². The molecule has 4 rings (SSSR count). The average molecular weight is 571 g/mol. The topological polar surface area (TPSA) is 126 Å². The zero-order valence-electron chi connectivity index (χ0n) is 20.6. The Morgan fingerprint density at radius 1 is 1.05 bits per heavy atom. The molecule has 1 atom stereocenters. The molecule has 11 heteroatoms. The third-order valence-electron chi connectivity index (χ3n) is 5.52. The molecule has 8 nitrogen and oxygen atoms in total. The number of para-hydroxylation sites is 1. The van der Waals surface area contributed by atoms with Crippen LogP contribution in [0.2, 0.25) is 0 Å². The predicted molar refractivity (Wildman–Crippen MR) is 154 cm³/mol. The number of anilines is 1. The highest BCUT2D eigenvalue weighted by Gasteiger charge is 2.20. The van der Waals surface area contributed by atoms with E-state index in [0.29, 0.717) is 32.2 Å². The Hall–Kier alpha value is -3.60. The highest BCUT2D eigenvalue weighted by atomic mass is 35.5. The molecule has 0 aliphatic rings. The first-order valence-corrected chi connectivity index (χ1v) is 13.7. The fourth-order valence-corrected chi connectivity index (χ4v) is 5.89. The minimum Gasteiger partial charge on any atom is -0.466 e. The lowest BCUT2D eigenvalue weighted by Crippen LogP contribution is -2.33. The number of rotatable bonds is 10. The molecule has 1 amide bonds. The number of ether oxygens (including phenoxy) is 1. The molecule has 1 unspecified atom stereocenters. The van der Waals surface area contributed by atoms with Crippen LogP contribution < -0.4 is 10.6 Å². The maximum Gasteiger partial charge on any atom is 0.307 e. The van der Waals surface area contributed by atoms with Crippen molar-refractivity contribution in [2.24, 2.45) is 5.73 Å². The second-order valence-electron chi connectivity index (χ2n) is 8.07. The van der Waals surface area contributed by atoms with E-state index in [4.69, 9.17) is 15.9 Å². The summed E-state index contributed by atoms with van der Waals surface area (Å²) in [5.41, 5.74) is 7.83. The normalized spacial score (nSPS) is 11.4. The summed E-state index contributed by atoms with van der Waals surface area (Å²) < 4.78 is 18.8. The fourth-order valence-electron chi connectivity index (χ4n) is 3.70. The van der Waals surface area contributed by atoms with Crippen molar-refractivity contribution in [2.75, 3.05) is 18.1 Å². The van der Waals surface area contributed by atoms with Crippen LogP contribution >= 0.6 is 23.7 Å². The van der Waals surface area contributed by atoms with Crippen molar-refractivity contribution in [1.29, 1.82) is 5.41 Å². The van der Waals surface area contributed by atoms with Gasteiger partial charge in [-0.2, -0.15) is 0 Å². The number of thiazole rings is 1. The van der Waals surface area contributed by atoms with Gasteiger partial charge in [0.05, 0.1) is 39.8 Å². The number of nitrogens with zero attached hydrogens (tertiary/aromatic N) is 2. The first-order chi connectivity index (χ1) is 17.9. The number of carbonyl (C=O) groups excluding carboxylic acids is 2. The van der Waals surface area contributed by atoms with Crippen LogP contribution in [0, 0.1) is 5.41 Å². The number of carbonyl (C=O) groups is 2. The van der Waals surface area contributed by atoms with E-state index in [2.05, 4.69) is 4.98 Å². The van der Waals surface area contributed by atoms with Gasteiger partial charge in [-0.1, -0.05) is 30.3 Å². The molecule has 0 fully saturated rings. The number of hydrogen-bond acceptors (Lipinski definition) is 7. The molecule has 1 aromatic heterocycles. The van der Waals surface area contributed by atoms with E-state index in [1.165, 1.54) is 11.3 Å². The van der Waals surface area contributed by atoms with E-state index in [1.807, 2.05) is 36.4 Å². The standard InChI is InChI=1S/C27H26N4O4S2.ClH/c1-2-35-25(32)14-15-31(20-6-4-3-5-7-20)27(33)19-10-13-23-22(16-19)30-24(36-23)17-37(34)21-11-8-18(9-12-21)26(28)29;/h3-13,16H,2,14-15,17H2,1H3,(H3,28,29);1H. The molecular formula is C27H27ClN4O4S2. The lowest BCUT2D eigenvalue weighted by molar-refractivity contribution is -0.142. The van der Waals surface area contributed by atoms with Gasteiger partial charge in [-0.15, -0.1) is 23.7 Å². The minimum absolute atomic E-state index is 0. The van der Waals surface area contributed by atoms with E-state index in [9.17, 15) is 13.8 Å². The molecule has 0 saturated heterocycles. The molecule has 0 radical (unpaired) electrons. The second-order valence-corrected chi connectivity index (χ2v) is 10.6. The monoisotopic (exact) mass is 570 g/mol. The van der Waals surface area contributed by atoms with Crippen LogP contribution in [0.4, 0.5) is 5.69 Å². The van der Waals surface area contributed by atoms with Gasteiger partial charge in [-0.25, -0.2) is 4.98 Å². The minimum atomic E-state index is -1.32.